The third-order valence-electron chi connectivity index (χ3n) is 6.42. The molecule has 0 saturated carbocycles. The Kier molecular flexibility index (Phi) is 14.7. The van der Waals surface area contributed by atoms with Gasteiger partial charge in [-0.3, -0.25) is 20.4 Å². The van der Waals surface area contributed by atoms with Crippen LogP contribution in [-0.2, 0) is 0 Å². The highest BCUT2D eigenvalue weighted by molar-refractivity contribution is 6.01. The van der Waals surface area contributed by atoms with Crippen molar-refractivity contribution in [2.24, 2.45) is 0 Å². The minimum absolute atomic E-state index is 0.0176. The molecule has 0 unspecified atom stereocenters. The van der Waals surface area contributed by atoms with Gasteiger partial charge in [0.25, 0.3) is 11.8 Å². The van der Waals surface area contributed by atoms with Crippen LogP contribution < -0.4 is 15.6 Å². The van der Waals surface area contributed by atoms with E-state index < -0.39 is 11.8 Å². The van der Waals surface area contributed by atoms with E-state index in [4.69, 9.17) is 4.74 Å². The lowest BCUT2D eigenvalue weighted by molar-refractivity contribution is 0.0843. The SMILES string of the molecule is CCCCCCCCCCCCCCCCOc1ccc(O)c(C(=O)NNC(=O)c2ccccc2O)c1. The van der Waals surface area contributed by atoms with Crippen LogP contribution in [-0.4, -0.2) is 28.6 Å². The van der Waals surface area contributed by atoms with E-state index in [1.165, 1.54) is 101 Å². The summed E-state index contributed by atoms with van der Waals surface area (Å²) in [6.07, 6.45) is 18.1. The molecule has 0 bridgehead atoms. The summed E-state index contributed by atoms with van der Waals surface area (Å²) >= 11 is 0. The molecule has 2 amide bonds. The van der Waals surface area contributed by atoms with Crippen molar-refractivity contribution in [1.29, 1.82) is 0 Å². The number of carbonyl (C=O) groups is 2. The predicted octanol–water partition coefficient (Wildman–Crippen LogP) is 7.03. The Labute approximate surface area is 221 Å². The molecule has 2 rings (SSSR count). The average Bonchev–Trinajstić information content (AvgIpc) is 2.90. The molecule has 0 aliphatic heterocycles. The van der Waals surface area contributed by atoms with Gasteiger partial charge in [0, 0.05) is 0 Å². The van der Waals surface area contributed by atoms with Crippen molar-refractivity contribution >= 4 is 11.8 Å². The van der Waals surface area contributed by atoms with E-state index in [1.807, 2.05) is 0 Å². The molecule has 0 heterocycles. The number of carbonyl (C=O) groups excluding carboxylic acids is 2. The van der Waals surface area contributed by atoms with E-state index in [0.717, 1.165) is 12.8 Å². The van der Waals surface area contributed by atoms with Crippen LogP contribution in [0, 0.1) is 0 Å². The van der Waals surface area contributed by atoms with Crippen LogP contribution in [0.2, 0.25) is 0 Å². The van der Waals surface area contributed by atoms with E-state index in [9.17, 15) is 19.8 Å². The summed E-state index contributed by atoms with van der Waals surface area (Å²) in [5.41, 5.74) is 4.49. The molecule has 7 heteroatoms. The molecule has 4 N–H and O–H groups in total. The van der Waals surface area contributed by atoms with Gasteiger partial charge in [-0.25, -0.2) is 0 Å². The Hall–Kier alpha value is -3.22. The summed E-state index contributed by atoms with van der Waals surface area (Å²) < 4.78 is 5.76. The number of benzene rings is 2. The summed E-state index contributed by atoms with van der Waals surface area (Å²) in [5, 5.41) is 19.8. The molecule has 0 spiro atoms. The van der Waals surface area contributed by atoms with Crippen molar-refractivity contribution in [2.75, 3.05) is 6.61 Å². The van der Waals surface area contributed by atoms with Crippen molar-refractivity contribution in [3.05, 3.63) is 53.6 Å². The molecule has 2 aromatic rings. The molecule has 0 aliphatic carbocycles. The quantitative estimate of drug-likeness (QED) is 0.127. The number of phenols is 2. The number of hydrazine groups is 1. The predicted molar refractivity (Wildman–Crippen MR) is 147 cm³/mol. The van der Waals surface area contributed by atoms with E-state index in [-0.39, 0.29) is 22.6 Å². The first-order valence-electron chi connectivity index (χ1n) is 13.9. The lowest BCUT2D eigenvalue weighted by Crippen LogP contribution is -2.41. The van der Waals surface area contributed by atoms with Crippen LogP contribution in [0.3, 0.4) is 0 Å². The Morgan fingerprint density at radius 2 is 1.14 bits per heavy atom. The zero-order valence-corrected chi connectivity index (χ0v) is 22.3. The summed E-state index contributed by atoms with van der Waals surface area (Å²) in [7, 11) is 0. The maximum Gasteiger partial charge on any atom is 0.273 e. The number of phenolic OH excluding ortho intramolecular Hbond substituents is 2. The molecular formula is C30H44N2O5. The minimum Gasteiger partial charge on any atom is -0.507 e. The molecule has 204 valence electrons. The van der Waals surface area contributed by atoms with Gasteiger partial charge in [0.1, 0.15) is 17.2 Å². The highest BCUT2D eigenvalue weighted by Crippen LogP contribution is 2.23. The van der Waals surface area contributed by atoms with Crippen molar-refractivity contribution in [3.63, 3.8) is 0 Å². The molecule has 0 radical (unpaired) electrons. The largest absolute Gasteiger partial charge is 0.507 e. The average molecular weight is 513 g/mol. The number of unbranched alkanes of at least 4 members (excludes halogenated alkanes) is 13. The third-order valence-corrected chi connectivity index (χ3v) is 6.42. The second-order valence-corrected chi connectivity index (χ2v) is 9.55. The van der Waals surface area contributed by atoms with Crippen molar-refractivity contribution < 1.29 is 24.5 Å². The fraction of sp³-hybridized carbons (Fsp3) is 0.533. The summed E-state index contributed by atoms with van der Waals surface area (Å²) in [6.45, 7) is 2.79. The van der Waals surface area contributed by atoms with E-state index >= 15 is 0 Å². The Bertz CT molecular complexity index is 947. The van der Waals surface area contributed by atoms with E-state index in [0.29, 0.717) is 12.4 Å². The van der Waals surface area contributed by atoms with Gasteiger partial charge in [-0.05, 0) is 36.8 Å². The number of nitrogens with one attached hydrogen (secondary N) is 2. The standard InChI is InChI=1S/C30H44N2O5/c1-2-3-4-5-6-7-8-9-10-11-12-13-14-17-22-37-24-20-21-28(34)26(23-24)30(36)32-31-29(35)25-18-15-16-19-27(25)33/h15-16,18-21,23,33-34H,2-14,17,22H2,1H3,(H,31,35)(H,32,36). The van der Waals surface area contributed by atoms with Crippen LogP contribution in [0.1, 0.15) is 118 Å². The smallest absolute Gasteiger partial charge is 0.273 e. The topological polar surface area (TPSA) is 108 Å². The molecule has 0 saturated heterocycles. The minimum atomic E-state index is -0.691. The molecule has 7 nitrogen and oxygen atoms in total. The lowest BCUT2D eigenvalue weighted by Gasteiger charge is -2.11. The number of amides is 2. The van der Waals surface area contributed by atoms with E-state index in [1.54, 1.807) is 18.2 Å². The number of ether oxygens (including phenoxy) is 1. The molecule has 37 heavy (non-hydrogen) atoms. The Balaban J connectivity index is 1.57. The monoisotopic (exact) mass is 512 g/mol. The molecule has 2 aromatic carbocycles. The Morgan fingerprint density at radius 3 is 1.70 bits per heavy atom. The van der Waals surface area contributed by atoms with Gasteiger partial charge in [0.15, 0.2) is 0 Å². The van der Waals surface area contributed by atoms with Crippen molar-refractivity contribution in [2.45, 2.75) is 96.8 Å². The first kappa shape index (κ1) is 30.0. The summed E-state index contributed by atoms with van der Waals surface area (Å²) in [4.78, 5) is 24.6. The summed E-state index contributed by atoms with van der Waals surface area (Å²) in [5.74, 6) is -1.31. The fourth-order valence-corrected chi connectivity index (χ4v) is 4.19. The Morgan fingerprint density at radius 1 is 0.649 bits per heavy atom. The highest BCUT2D eigenvalue weighted by atomic mass is 16.5. The zero-order chi connectivity index (χ0) is 26.7. The zero-order valence-electron chi connectivity index (χ0n) is 22.3. The number of hydrogen-bond acceptors (Lipinski definition) is 5. The number of aromatic hydroxyl groups is 2. The fourth-order valence-electron chi connectivity index (χ4n) is 4.19. The van der Waals surface area contributed by atoms with Crippen LogP contribution in [0.4, 0.5) is 0 Å². The molecule has 0 aromatic heterocycles. The van der Waals surface area contributed by atoms with Crippen molar-refractivity contribution in [1.82, 2.24) is 10.9 Å². The lowest BCUT2D eigenvalue weighted by atomic mass is 10.0. The molecular weight excluding hydrogens is 468 g/mol. The second kappa shape index (κ2) is 18.1. The summed E-state index contributed by atoms with van der Waals surface area (Å²) in [6, 6.07) is 10.4. The first-order valence-corrected chi connectivity index (χ1v) is 13.9. The van der Waals surface area contributed by atoms with Gasteiger partial charge in [-0.15, -0.1) is 0 Å². The van der Waals surface area contributed by atoms with Gasteiger partial charge in [-0.2, -0.15) is 0 Å². The highest BCUT2D eigenvalue weighted by Gasteiger charge is 2.15. The number of hydrogen-bond donors (Lipinski definition) is 4. The molecule has 0 fully saturated rings. The van der Waals surface area contributed by atoms with Crippen LogP contribution >= 0.6 is 0 Å². The maximum atomic E-state index is 12.4. The van der Waals surface area contributed by atoms with Crippen LogP contribution in [0.25, 0.3) is 0 Å². The van der Waals surface area contributed by atoms with Gasteiger partial charge in [0.05, 0.1) is 17.7 Å². The molecule has 0 aliphatic rings. The normalized spacial score (nSPS) is 10.7. The third kappa shape index (κ3) is 12.0. The maximum absolute atomic E-state index is 12.4. The number of rotatable bonds is 18. The van der Waals surface area contributed by atoms with E-state index in [2.05, 4.69) is 17.8 Å². The number of para-hydroxylation sites is 1. The van der Waals surface area contributed by atoms with Gasteiger partial charge in [-0.1, -0.05) is 103 Å². The van der Waals surface area contributed by atoms with Crippen LogP contribution in [0.15, 0.2) is 42.5 Å². The van der Waals surface area contributed by atoms with Gasteiger partial charge < -0.3 is 14.9 Å². The molecule has 0 atom stereocenters. The van der Waals surface area contributed by atoms with Gasteiger partial charge in [0.2, 0.25) is 0 Å². The van der Waals surface area contributed by atoms with Crippen molar-refractivity contribution in [3.8, 4) is 17.2 Å². The van der Waals surface area contributed by atoms with Gasteiger partial charge >= 0.3 is 0 Å². The van der Waals surface area contributed by atoms with Crippen LogP contribution in [0.5, 0.6) is 17.2 Å². The first-order chi connectivity index (χ1) is 18.0. The second-order valence-electron chi connectivity index (χ2n) is 9.55.